The molecule has 2 rings (SSSR count). The molecule has 118 valence electrons. The molecule has 1 saturated heterocycles. The molecule has 1 aliphatic heterocycles. The van der Waals surface area contributed by atoms with Crippen LogP contribution in [0.1, 0.15) is 25.5 Å². The van der Waals surface area contributed by atoms with Crippen LogP contribution in [-0.4, -0.2) is 36.3 Å². The van der Waals surface area contributed by atoms with E-state index in [0.717, 1.165) is 25.5 Å². The molecule has 0 saturated carbocycles. The van der Waals surface area contributed by atoms with Gasteiger partial charge in [-0.2, -0.15) is 18.2 Å². The lowest BCUT2D eigenvalue weighted by molar-refractivity contribution is -0.141. The second-order valence-electron chi connectivity index (χ2n) is 4.95. The fourth-order valence-electron chi connectivity index (χ4n) is 2.14. The van der Waals surface area contributed by atoms with Gasteiger partial charge in [0.05, 0.1) is 6.61 Å². The molecule has 1 atom stereocenters. The van der Waals surface area contributed by atoms with Gasteiger partial charge in [0.1, 0.15) is 5.82 Å². The fraction of sp³-hybridized carbons (Fsp3) is 0.692. The summed E-state index contributed by atoms with van der Waals surface area (Å²) in [6, 6.07) is 0.935. The van der Waals surface area contributed by atoms with Crippen molar-refractivity contribution in [1.82, 2.24) is 9.97 Å². The van der Waals surface area contributed by atoms with Gasteiger partial charge in [-0.1, -0.05) is 0 Å². The number of rotatable bonds is 5. The first kappa shape index (κ1) is 15.8. The van der Waals surface area contributed by atoms with E-state index in [1.54, 1.807) is 6.92 Å². The summed E-state index contributed by atoms with van der Waals surface area (Å²) in [4.78, 5) is 7.52. The number of nitrogens with one attached hydrogen (secondary N) is 2. The maximum Gasteiger partial charge on any atom is 0.433 e. The minimum absolute atomic E-state index is 0.0188. The standard InChI is InChI=1S/C13H19F3N4O/c1-2-17-12-19-10(13(14,15)16)6-11(20-12)18-7-9-4-3-5-21-8-9/h6,9H,2-5,7-8H2,1H3,(H2,17,18,19,20). The number of aromatic nitrogens is 2. The molecular formula is C13H19F3N4O. The van der Waals surface area contributed by atoms with Gasteiger partial charge in [0.2, 0.25) is 5.95 Å². The molecule has 5 nitrogen and oxygen atoms in total. The van der Waals surface area contributed by atoms with E-state index < -0.39 is 11.9 Å². The van der Waals surface area contributed by atoms with Crippen molar-refractivity contribution in [1.29, 1.82) is 0 Å². The van der Waals surface area contributed by atoms with Crippen molar-refractivity contribution in [2.75, 3.05) is 36.9 Å². The average Bonchev–Trinajstić information content (AvgIpc) is 2.45. The van der Waals surface area contributed by atoms with Crippen molar-refractivity contribution in [2.45, 2.75) is 25.9 Å². The number of nitrogens with zero attached hydrogens (tertiary/aromatic N) is 2. The van der Waals surface area contributed by atoms with E-state index in [2.05, 4.69) is 20.6 Å². The maximum absolute atomic E-state index is 12.8. The highest BCUT2D eigenvalue weighted by Crippen LogP contribution is 2.29. The molecule has 2 N–H and O–H groups in total. The van der Waals surface area contributed by atoms with E-state index in [9.17, 15) is 13.2 Å². The summed E-state index contributed by atoms with van der Waals surface area (Å²) in [5.74, 6) is 0.458. The molecule has 1 unspecified atom stereocenters. The molecule has 1 aromatic rings. The quantitative estimate of drug-likeness (QED) is 0.876. The summed E-state index contributed by atoms with van der Waals surface area (Å²) >= 11 is 0. The predicted octanol–water partition coefficient (Wildman–Crippen LogP) is 2.77. The highest BCUT2D eigenvalue weighted by molar-refractivity contribution is 5.43. The van der Waals surface area contributed by atoms with Gasteiger partial charge in [-0.3, -0.25) is 0 Å². The third kappa shape index (κ3) is 4.73. The van der Waals surface area contributed by atoms with Crippen LogP contribution in [0.3, 0.4) is 0 Å². The normalized spacial score (nSPS) is 19.3. The molecule has 1 fully saturated rings. The smallest absolute Gasteiger partial charge is 0.381 e. The zero-order valence-electron chi connectivity index (χ0n) is 11.8. The second-order valence-corrected chi connectivity index (χ2v) is 4.95. The number of anilines is 2. The SMILES string of the molecule is CCNc1nc(NCC2CCCOC2)cc(C(F)(F)F)n1. The van der Waals surface area contributed by atoms with Gasteiger partial charge in [-0.05, 0) is 25.7 Å². The molecule has 0 aromatic carbocycles. The largest absolute Gasteiger partial charge is 0.433 e. The Morgan fingerprint density at radius 1 is 1.33 bits per heavy atom. The first-order valence-corrected chi connectivity index (χ1v) is 7.01. The van der Waals surface area contributed by atoms with Crippen LogP contribution in [0.25, 0.3) is 0 Å². The summed E-state index contributed by atoms with van der Waals surface area (Å²) in [6.45, 7) is 4.16. The van der Waals surface area contributed by atoms with E-state index in [0.29, 0.717) is 25.6 Å². The Bertz CT molecular complexity index is 461. The summed E-state index contributed by atoms with van der Waals surface area (Å²) in [5, 5.41) is 5.67. The van der Waals surface area contributed by atoms with E-state index >= 15 is 0 Å². The maximum atomic E-state index is 12.8. The van der Waals surface area contributed by atoms with Gasteiger partial charge in [-0.15, -0.1) is 0 Å². The lowest BCUT2D eigenvalue weighted by Crippen LogP contribution is -2.25. The van der Waals surface area contributed by atoms with E-state index in [1.807, 2.05) is 0 Å². The summed E-state index contributed by atoms with van der Waals surface area (Å²) in [5.41, 5.74) is -0.948. The molecule has 2 heterocycles. The van der Waals surface area contributed by atoms with Crippen LogP contribution in [0.2, 0.25) is 0 Å². The highest BCUT2D eigenvalue weighted by atomic mass is 19.4. The topological polar surface area (TPSA) is 59.1 Å². The molecule has 21 heavy (non-hydrogen) atoms. The number of alkyl halides is 3. The third-order valence-corrected chi connectivity index (χ3v) is 3.18. The third-order valence-electron chi connectivity index (χ3n) is 3.18. The summed E-state index contributed by atoms with van der Waals surface area (Å²) < 4.78 is 43.8. The first-order valence-electron chi connectivity index (χ1n) is 7.01. The Hall–Kier alpha value is -1.57. The Balaban J connectivity index is 2.07. The van der Waals surface area contributed by atoms with Crippen LogP contribution < -0.4 is 10.6 Å². The van der Waals surface area contributed by atoms with Crippen LogP contribution in [0.5, 0.6) is 0 Å². The van der Waals surface area contributed by atoms with Gasteiger partial charge in [0, 0.05) is 25.8 Å². The molecular weight excluding hydrogens is 285 g/mol. The molecule has 1 aliphatic rings. The molecule has 0 amide bonds. The van der Waals surface area contributed by atoms with Gasteiger partial charge >= 0.3 is 6.18 Å². The van der Waals surface area contributed by atoms with Crippen molar-refractivity contribution >= 4 is 11.8 Å². The van der Waals surface area contributed by atoms with Crippen molar-refractivity contribution in [3.63, 3.8) is 0 Å². The summed E-state index contributed by atoms with van der Waals surface area (Å²) in [6.07, 6.45) is -2.51. The van der Waals surface area contributed by atoms with Gasteiger partial charge in [-0.25, -0.2) is 4.98 Å². The molecule has 0 spiro atoms. The lowest BCUT2D eigenvalue weighted by Gasteiger charge is -2.22. The minimum atomic E-state index is -4.49. The van der Waals surface area contributed by atoms with Crippen molar-refractivity contribution in [3.05, 3.63) is 11.8 Å². The van der Waals surface area contributed by atoms with Crippen LogP contribution >= 0.6 is 0 Å². The molecule has 1 aromatic heterocycles. The fourth-order valence-corrected chi connectivity index (χ4v) is 2.14. The zero-order valence-corrected chi connectivity index (χ0v) is 11.8. The van der Waals surface area contributed by atoms with Crippen LogP contribution in [-0.2, 0) is 10.9 Å². The first-order chi connectivity index (χ1) is 9.99. The summed E-state index contributed by atoms with van der Waals surface area (Å²) in [7, 11) is 0. The van der Waals surface area contributed by atoms with Gasteiger partial charge in [0.25, 0.3) is 0 Å². The minimum Gasteiger partial charge on any atom is -0.381 e. The predicted molar refractivity (Wildman–Crippen MR) is 73.2 cm³/mol. The Labute approximate surface area is 121 Å². The molecule has 0 radical (unpaired) electrons. The second kappa shape index (κ2) is 6.93. The van der Waals surface area contributed by atoms with Crippen molar-refractivity contribution < 1.29 is 17.9 Å². The van der Waals surface area contributed by atoms with Crippen molar-refractivity contribution in [2.24, 2.45) is 5.92 Å². The van der Waals surface area contributed by atoms with E-state index in [1.165, 1.54) is 0 Å². The lowest BCUT2D eigenvalue weighted by atomic mass is 10.0. The number of hydrogen-bond donors (Lipinski definition) is 2. The molecule has 8 heteroatoms. The molecule has 0 bridgehead atoms. The number of halogens is 3. The highest BCUT2D eigenvalue weighted by Gasteiger charge is 2.33. The zero-order chi connectivity index (χ0) is 15.3. The Morgan fingerprint density at radius 2 is 2.14 bits per heavy atom. The van der Waals surface area contributed by atoms with Gasteiger partial charge in [0.15, 0.2) is 5.69 Å². The average molecular weight is 304 g/mol. The monoisotopic (exact) mass is 304 g/mol. The van der Waals surface area contributed by atoms with Crippen LogP contribution in [0.15, 0.2) is 6.07 Å². The molecule has 0 aliphatic carbocycles. The van der Waals surface area contributed by atoms with Crippen LogP contribution in [0.4, 0.5) is 24.9 Å². The van der Waals surface area contributed by atoms with Crippen LogP contribution in [0, 0.1) is 5.92 Å². The van der Waals surface area contributed by atoms with Crippen molar-refractivity contribution in [3.8, 4) is 0 Å². The Kier molecular flexibility index (Phi) is 5.22. The van der Waals surface area contributed by atoms with E-state index in [-0.39, 0.29) is 11.8 Å². The number of hydrogen-bond acceptors (Lipinski definition) is 5. The Morgan fingerprint density at radius 3 is 2.76 bits per heavy atom. The van der Waals surface area contributed by atoms with E-state index in [4.69, 9.17) is 4.74 Å². The van der Waals surface area contributed by atoms with Gasteiger partial charge < -0.3 is 15.4 Å². The number of ether oxygens (including phenoxy) is 1.